The van der Waals surface area contributed by atoms with E-state index in [9.17, 15) is 31.0 Å². The molecule has 0 fully saturated rings. The van der Waals surface area contributed by atoms with Crippen molar-refractivity contribution in [3.05, 3.63) is 89.5 Å². The van der Waals surface area contributed by atoms with Crippen molar-refractivity contribution in [1.82, 2.24) is 0 Å². The summed E-state index contributed by atoms with van der Waals surface area (Å²) >= 11 is 0. The molecule has 0 radical (unpaired) electrons. The van der Waals surface area contributed by atoms with Crippen molar-refractivity contribution in [2.45, 2.75) is 15.7 Å². The average Bonchev–Trinajstić information content (AvgIpc) is 2.84. The van der Waals surface area contributed by atoms with Crippen molar-refractivity contribution >= 4 is 42.4 Å². The van der Waals surface area contributed by atoms with Crippen LogP contribution < -0.4 is 68.9 Å². The predicted octanol–water partition coefficient (Wildman–Crippen LogP) is -2.33. The van der Waals surface area contributed by atoms with Crippen LogP contribution >= 0.6 is 0 Å². The molecule has 0 aliphatic carbocycles. The SMILES string of the molecule is CN(C)c1ccc(C(c2ccc(N(C)C)cc2)c2c(O)c(S(=O)(=O)[O-])cc3cc(S(=O)(=O)[O-])ccc23)cc1.[Na+].[Na+]. The molecule has 200 valence electrons. The Morgan fingerprint density at radius 2 is 1.12 bits per heavy atom. The largest absolute Gasteiger partial charge is 1.00 e. The first-order valence-corrected chi connectivity index (χ1v) is 14.3. The summed E-state index contributed by atoms with van der Waals surface area (Å²) in [7, 11) is -2.50. The molecule has 4 aromatic carbocycles. The van der Waals surface area contributed by atoms with Crippen molar-refractivity contribution in [3.8, 4) is 5.75 Å². The van der Waals surface area contributed by atoms with Gasteiger partial charge < -0.3 is 24.0 Å². The van der Waals surface area contributed by atoms with Crippen molar-refractivity contribution < 1.29 is 90.2 Å². The normalized spacial score (nSPS) is 11.6. The smallest absolute Gasteiger partial charge is 0.744 e. The number of aromatic hydroxyl groups is 1. The van der Waals surface area contributed by atoms with Crippen LogP contribution in [-0.4, -0.2) is 59.2 Å². The summed E-state index contributed by atoms with van der Waals surface area (Å²) in [4.78, 5) is 2.33. The zero-order chi connectivity index (χ0) is 28.0. The molecule has 1 N–H and O–H groups in total. The second kappa shape index (κ2) is 13.1. The Hall–Kier alpha value is -1.64. The Labute approximate surface area is 278 Å². The van der Waals surface area contributed by atoms with Crippen LogP contribution in [0.3, 0.4) is 0 Å². The number of hydrogen-bond acceptors (Lipinski definition) is 9. The molecule has 0 atom stereocenters. The molecule has 40 heavy (non-hydrogen) atoms. The van der Waals surface area contributed by atoms with Gasteiger partial charge >= 0.3 is 59.1 Å². The summed E-state index contributed by atoms with van der Waals surface area (Å²) in [5, 5.41) is 11.6. The van der Waals surface area contributed by atoms with Crippen LogP contribution in [0, 0.1) is 0 Å². The fourth-order valence-corrected chi connectivity index (χ4v) is 5.59. The molecule has 0 amide bonds. The van der Waals surface area contributed by atoms with E-state index in [-0.39, 0.29) is 70.1 Å². The first-order chi connectivity index (χ1) is 17.7. The second-order valence-corrected chi connectivity index (χ2v) is 12.1. The van der Waals surface area contributed by atoms with E-state index in [1.165, 1.54) is 6.07 Å². The van der Waals surface area contributed by atoms with Crippen molar-refractivity contribution in [3.63, 3.8) is 0 Å². The Morgan fingerprint density at radius 1 is 0.675 bits per heavy atom. The summed E-state index contributed by atoms with van der Waals surface area (Å²) in [6.45, 7) is 0. The standard InChI is InChI=1S/C27H28N2O7S2.2Na/c1-28(2)20-9-5-17(6-10-20)25(18-7-11-21(12-8-18)29(3)4)26-23-14-13-22(37(31,32)33)15-19(23)16-24(27(26)30)38(34,35)36;;/h5-16,25,30H,1-4H3,(H,31,32,33)(H,34,35,36);;/q;2*+1/p-2. The monoisotopic (exact) mass is 600 g/mol. The third-order valence-electron chi connectivity index (χ3n) is 6.42. The van der Waals surface area contributed by atoms with Gasteiger partial charge in [0.25, 0.3) is 0 Å². The van der Waals surface area contributed by atoms with Gasteiger partial charge in [0.15, 0.2) is 0 Å². The molecule has 0 unspecified atom stereocenters. The van der Waals surface area contributed by atoms with E-state index in [2.05, 4.69) is 0 Å². The van der Waals surface area contributed by atoms with Crippen LogP contribution in [0.15, 0.2) is 82.6 Å². The van der Waals surface area contributed by atoms with Crippen molar-refractivity contribution in [2.75, 3.05) is 38.0 Å². The molecule has 0 aliphatic rings. The topological polar surface area (TPSA) is 141 Å². The van der Waals surface area contributed by atoms with E-state index in [0.29, 0.717) is 16.5 Å². The van der Waals surface area contributed by atoms with Gasteiger partial charge in [-0.15, -0.1) is 0 Å². The Kier molecular flexibility index (Phi) is 11.3. The molecule has 0 saturated heterocycles. The van der Waals surface area contributed by atoms with Gasteiger partial charge in [0.2, 0.25) is 0 Å². The van der Waals surface area contributed by atoms with E-state index in [4.69, 9.17) is 0 Å². The zero-order valence-corrected chi connectivity index (χ0v) is 28.7. The molecule has 0 aromatic heterocycles. The van der Waals surface area contributed by atoms with Crippen molar-refractivity contribution in [1.29, 1.82) is 0 Å². The molecule has 4 rings (SSSR count). The quantitative estimate of drug-likeness (QED) is 0.141. The number of hydrogen-bond donors (Lipinski definition) is 1. The van der Waals surface area contributed by atoms with Crippen LogP contribution in [0.2, 0.25) is 0 Å². The van der Waals surface area contributed by atoms with Gasteiger partial charge in [-0.25, -0.2) is 16.8 Å². The average molecular weight is 601 g/mol. The molecule has 13 heteroatoms. The molecule has 0 bridgehead atoms. The number of fused-ring (bicyclic) bond motifs is 1. The molecular weight excluding hydrogens is 574 g/mol. The van der Waals surface area contributed by atoms with E-state index < -0.39 is 41.7 Å². The maximum atomic E-state index is 12.2. The maximum absolute atomic E-state index is 12.2. The van der Waals surface area contributed by atoms with Gasteiger partial charge in [-0.3, -0.25) is 0 Å². The van der Waals surface area contributed by atoms with Gasteiger partial charge in [-0.05, 0) is 64.4 Å². The number of nitrogens with zero attached hydrogens (tertiary/aromatic N) is 2. The van der Waals surface area contributed by atoms with Crippen molar-refractivity contribution in [2.24, 2.45) is 0 Å². The Morgan fingerprint density at radius 3 is 1.50 bits per heavy atom. The Bertz CT molecular complexity index is 1670. The first-order valence-electron chi connectivity index (χ1n) is 11.4. The van der Waals surface area contributed by atoms with Crippen LogP contribution in [0.5, 0.6) is 5.75 Å². The minimum atomic E-state index is -5.17. The number of anilines is 2. The molecule has 9 nitrogen and oxygen atoms in total. The summed E-state index contributed by atoms with van der Waals surface area (Å²) < 4.78 is 71.5. The van der Waals surface area contributed by atoms with Crippen LogP contribution in [0.4, 0.5) is 11.4 Å². The molecule has 4 aromatic rings. The third kappa shape index (κ3) is 7.22. The molecule has 0 heterocycles. The minimum absolute atomic E-state index is 0. The van der Waals surface area contributed by atoms with Crippen LogP contribution in [-0.2, 0) is 20.2 Å². The fourth-order valence-electron chi connectivity index (χ4n) is 4.47. The maximum Gasteiger partial charge on any atom is 1.00 e. The number of benzene rings is 4. The van der Waals surface area contributed by atoms with Crippen LogP contribution in [0.25, 0.3) is 10.8 Å². The molecule has 0 spiro atoms. The Balaban J connectivity index is 0.00000280. The molecule has 0 aliphatic heterocycles. The van der Waals surface area contributed by atoms with Gasteiger partial charge in [-0.2, -0.15) is 0 Å². The summed E-state index contributed by atoms with van der Waals surface area (Å²) in [6, 6.07) is 19.1. The molecular formula is C27H26N2Na2O7S2. The van der Waals surface area contributed by atoms with E-state index in [1.807, 2.05) is 86.5 Å². The summed E-state index contributed by atoms with van der Waals surface area (Å²) in [6.07, 6.45) is 0. The van der Waals surface area contributed by atoms with E-state index in [1.54, 1.807) is 0 Å². The minimum Gasteiger partial charge on any atom is -0.744 e. The van der Waals surface area contributed by atoms with Gasteiger partial charge in [0.1, 0.15) is 26.0 Å². The van der Waals surface area contributed by atoms with Crippen LogP contribution in [0.1, 0.15) is 22.6 Å². The van der Waals surface area contributed by atoms with E-state index in [0.717, 1.165) is 29.6 Å². The summed E-state index contributed by atoms with van der Waals surface area (Å²) in [5.74, 6) is -1.48. The third-order valence-corrected chi connectivity index (χ3v) is 8.10. The zero-order valence-electron chi connectivity index (χ0n) is 23.1. The summed E-state index contributed by atoms with van der Waals surface area (Å²) in [5.41, 5.74) is 3.29. The second-order valence-electron chi connectivity index (χ2n) is 9.33. The predicted molar refractivity (Wildman–Crippen MR) is 144 cm³/mol. The first kappa shape index (κ1) is 34.6. The van der Waals surface area contributed by atoms with Gasteiger partial charge in [-0.1, -0.05) is 30.3 Å². The molecule has 0 saturated carbocycles. The number of phenols is 1. The number of phenolic OH excluding ortho intramolecular Hbond substituents is 1. The fraction of sp³-hybridized carbons (Fsp3) is 0.185. The number of rotatable bonds is 7. The van der Waals surface area contributed by atoms with Gasteiger partial charge in [0.05, 0.1) is 9.79 Å². The van der Waals surface area contributed by atoms with E-state index >= 15 is 0 Å². The van der Waals surface area contributed by atoms with Gasteiger partial charge in [0, 0.05) is 51.0 Å².